The normalized spacial score (nSPS) is 17.0. The van der Waals surface area contributed by atoms with Crippen LogP contribution in [0.25, 0.3) is 22.3 Å². The average Bonchev–Trinajstić information content (AvgIpc) is 3.28. The third-order valence-corrected chi connectivity index (χ3v) is 16.5. The van der Waals surface area contributed by atoms with Crippen molar-refractivity contribution in [2.45, 2.75) is 71.5 Å². The molecule has 320 valence electrons. The number of para-hydroxylation sites is 2. The van der Waals surface area contributed by atoms with Gasteiger partial charge in [0.15, 0.2) is 5.75 Å². The first-order chi connectivity index (χ1) is 30.5. The van der Waals surface area contributed by atoms with E-state index in [4.69, 9.17) is 23.3 Å². The molecule has 0 amide bonds. The van der Waals surface area contributed by atoms with E-state index in [1.807, 2.05) is 128 Å². The third-order valence-electron chi connectivity index (χ3n) is 11.8. The number of benzene rings is 6. The monoisotopic (exact) mass is 877 g/mol. The van der Waals surface area contributed by atoms with E-state index in [0.717, 1.165) is 46.2 Å². The molecule has 11 heteroatoms. The molecule has 2 aliphatic heterocycles. The van der Waals surface area contributed by atoms with Crippen molar-refractivity contribution in [1.29, 1.82) is 5.26 Å². The maximum absolute atomic E-state index is 15.4. The highest BCUT2D eigenvalue weighted by molar-refractivity contribution is 7.67. The van der Waals surface area contributed by atoms with Gasteiger partial charge >= 0.3 is 0 Å². The molecule has 0 saturated carbocycles. The number of nitrogens with zero attached hydrogens (tertiary/aromatic N) is 1. The minimum atomic E-state index is -3.72. The lowest BCUT2D eigenvalue weighted by Crippen LogP contribution is -2.23. The van der Waals surface area contributed by atoms with Crippen molar-refractivity contribution in [3.05, 3.63) is 155 Å². The molecule has 6 aromatic rings. The number of ether oxygens (including phenoxy) is 3. The molecule has 0 spiro atoms. The van der Waals surface area contributed by atoms with Crippen molar-refractivity contribution < 1.29 is 37.5 Å². The Balaban J connectivity index is 1.29. The molecule has 2 unspecified atom stereocenters. The fourth-order valence-electron chi connectivity index (χ4n) is 8.38. The van der Waals surface area contributed by atoms with Crippen LogP contribution in [0.2, 0.25) is 0 Å². The Kier molecular flexibility index (Phi) is 12.7. The number of rotatable bonds is 15. The third kappa shape index (κ3) is 8.68. The van der Waals surface area contributed by atoms with Gasteiger partial charge in [-0.25, -0.2) is 0 Å². The molecule has 63 heavy (non-hydrogen) atoms. The van der Waals surface area contributed by atoms with Gasteiger partial charge in [0.25, 0.3) is 21.0 Å². The summed E-state index contributed by atoms with van der Waals surface area (Å²) >= 11 is 0. The smallest absolute Gasteiger partial charge is 0.292 e. The van der Waals surface area contributed by atoms with Crippen molar-refractivity contribution >= 4 is 25.3 Å². The van der Waals surface area contributed by atoms with Crippen LogP contribution in [0.15, 0.2) is 121 Å². The van der Waals surface area contributed by atoms with Gasteiger partial charge in [-0.3, -0.25) is 9.13 Å². The Labute approximate surface area is 369 Å². The van der Waals surface area contributed by atoms with E-state index in [2.05, 4.69) is 32.6 Å². The molecule has 9 nitrogen and oxygen atoms in total. The van der Waals surface area contributed by atoms with Crippen LogP contribution in [0.3, 0.4) is 0 Å². The Morgan fingerprint density at radius 3 is 1.62 bits per heavy atom. The van der Waals surface area contributed by atoms with Crippen LogP contribution in [0.4, 0.5) is 0 Å². The standard InChI is InChI=1S/C52H49NO8P2/c1-5-7-25-57-31-36-27-40(28-37(51(36)59-35-53)32-58-26-8-6-2)52(3,4)41-29-38(33-62(55)48-23-15-11-19-44(48)42-17-9-13-21-46(42)60-62)50(54)39(30-41)34-63(56)49-24-16-12-20-45(49)43-18-10-14-22-47(43)61-63/h9-24,27-30,54H,5,7,25-26,31-34H2,1-4H3. The first-order valence-corrected chi connectivity index (χ1v) is 24.7. The second kappa shape index (κ2) is 18.4. The Bertz CT molecular complexity index is 2770. The van der Waals surface area contributed by atoms with Gasteiger partial charge in [-0.1, -0.05) is 118 Å². The van der Waals surface area contributed by atoms with Crippen LogP contribution < -0.4 is 24.4 Å². The molecule has 6 aromatic carbocycles. The summed E-state index contributed by atoms with van der Waals surface area (Å²) in [4.78, 5) is 0. The van der Waals surface area contributed by atoms with Crippen LogP contribution in [0.1, 0.15) is 73.9 Å². The van der Waals surface area contributed by atoms with Crippen LogP contribution in [-0.4, -0.2) is 18.3 Å². The summed E-state index contributed by atoms with van der Waals surface area (Å²) in [7, 11) is -7.45. The molecule has 0 aliphatic carbocycles. The predicted octanol–water partition coefficient (Wildman–Crippen LogP) is 11.8. The minimum Gasteiger partial charge on any atom is -0.507 e. The Morgan fingerprint density at radius 1 is 0.667 bits per heavy atom. The maximum Gasteiger partial charge on any atom is 0.292 e. The molecule has 1 N–H and O–H groups in total. The molecular formula is C52H49NO8P2. The summed E-state index contributed by atoms with van der Waals surface area (Å²) < 4.78 is 61.4. The first kappa shape index (κ1) is 43.6. The molecule has 0 saturated heterocycles. The number of aromatic hydroxyl groups is 1. The summed E-state index contributed by atoms with van der Waals surface area (Å²) in [6.07, 6.45) is 3.39. The Hall–Kier alpha value is -6.05. The Morgan fingerprint density at radius 2 is 1.13 bits per heavy atom. The number of phenolic OH excluding ortho intramolecular Hbond substituents is 1. The van der Waals surface area contributed by atoms with Crippen molar-refractivity contribution in [2.75, 3.05) is 13.2 Å². The van der Waals surface area contributed by atoms with E-state index in [1.165, 1.54) is 0 Å². The summed E-state index contributed by atoms with van der Waals surface area (Å²) in [5.41, 5.74) is 6.11. The minimum absolute atomic E-state index is 0.118. The fraction of sp³-hybridized carbons (Fsp3) is 0.250. The summed E-state index contributed by atoms with van der Waals surface area (Å²) in [6.45, 7) is 8.97. The van der Waals surface area contributed by atoms with E-state index in [9.17, 15) is 10.4 Å². The second-order valence-electron chi connectivity index (χ2n) is 16.3. The zero-order valence-corrected chi connectivity index (χ0v) is 37.6. The number of unbranched alkanes of at least 4 members (excludes halogenated alkanes) is 1. The van der Waals surface area contributed by atoms with E-state index < -0.39 is 20.2 Å². The van der Waals surface area contributed by atoms with Gasteiger partial charge in [-0.05, 0) is 72.0 Å². The van der Waals surface area contributed by atoms with E-state index in [0.29, 0.717) is 56.7 Å². The maximum atomic E-state index is 15.4. The highest BCUT2D eigenvalue weighted by Crippen LogP contribution is 2.60. The molecule has 0 bridgehead atoms. The molecule has 2 atom stereocenters. The van der Waals surface area contributed by atoms with Gasteiger partial charge in [-0.2, -0.15) is 0 Å². The van der Waals surface area contributed by atoms with Gasteiger partial charge in [0.05, 0.1) is 36.1 Å². The lowest BCUT2D eigenvalue weighted by Gasteiger charge is -2.32. The number of phenols is 1. The first-order valence-electron chi connectivity index (χ1n) is 21.1. The molecule has 8 rings (SSSR count). The van der Waals surface area contributed by atoms with Gasteiger partial charge in [-0.15, -0.1) is 11.2 Å². The van der Waals surface area contributed by atoms with Gasteiger partial charge in [0.1, 0.15) is 23.9 Å². The zero-order chi connectivity index (χ0) is 44.2. The zero-order valence-electron chi connectivity index (χ0n) is 35.9. The lowest BCUT2D eigenvalue weighted by molar-refractivity contribution is 0.116. The van der Waals surface area contributed by atoms with Gasteiger partial charge in [0.2, 0.25) is 0 Å². The number of hydrogen-bond acceptors (Lipinski definition) is 9. The van der Waals surface area contributed by atoms with E-state index >= 15 is 9.13 Å². The number of fused-ring (bicyclic) bond motifs is 6. The molecule has 0 aromatic heterocycles. The van der Waals surface area contributed by atoms with Gasteiger partial charge < -0.3 is 28.4 Å². The fourth-order valence-corrected chi connectivity index (χ4v) is 13.1. The molecule has 0 fully saturated rings. The van der Waals surface area contributed by atoms with Crippen LogP contribution in [0, 0.1) is 23.4 Å². The average molecular weight is 878 g/mol. The molecule has 2 aliphatic rings. The van der Waals surface area contributed by atoms with Crippen molar-refractivity contribution in [2.24, 2.45) is 0 Å². The second-order valence-corrected chi connectivity index (χ2v) is 20.9. The van der Waals surface area contributed by atoms with E-state index in [1.54, 1.807) is 6.92 Å². The van der Waals surface area contributed by atoms with Crippen LogP contribution in [-0.2, 0) is 49.6 Å². The molecular weight excluding hydrogens is 829 g/mol. The summed E-state index contributed by atoms with van der Waals surface area (Å²) in [5.74, 6) is 7.00. The van der Waals surface area contributed by atoms with Crippen molar-refractivity contribution in [3.63, 3.8) is 0 Å². The lowest BCUT2D eigenvalue weighted by atomic mass is 9.76. The summed E-state index contributed by atoms with van der Waals surface area (Å²) in [5, 5.41) is 23.3. The largest absolute Gasteiger partial charge is 0.507 e. The predicted molar refractivity (Wildman–Crippen MR) is 247 cm³/mol. The molecule has 0 radical (unpaired) electrons. The van der Waals surface area contributed by atoms with Crippen LogP contribution >= 0.6 is 14.7 Å². The van der Waals surface area contributed by atoms with Gasteiger partial charge in [0, 0.05) is 45.4 Å². The van der Waals surface area contributed by atoms with E-state index in [-0.39, 0.29) is 37.9 Å². The molecule has 2 heterocycles. The quantitative estimate of drug-likeness (QED) is 0.0464. The van der Waals surface area contributed by atoms with Crippen molar-refractivity contribution in [1.82, 2.24) is 0 Å². The van der Waals surface area contributed by atoms with Crippen LogP contribution in [0.5, 0.6) is 23.0 Å². The SMILES string of the molecule is CC#CCOCc1cc(C(C)(C)c2cc(CP3(=O)Oc4ccccc4-c4ccccc43)c(O)c(CP3(=O)Oc4ccccc4-c4ccccc43)c2)cc(COCCCC)c1OC#N. The summed E-state index contributed by atoms with van der Waals surface area (Å²) in [6, 6.07) is 37.7. The van der Waals surface area contributed by atoms with Crippen molar-refractivity contribution in [3.8, 4) is 63.3 Å². The highest BCUT2D eigenvalue weighted by atomic mass is 31.2. The highest BCUT2D eigenvalue weighted by Gasteiger charge is 2.41. The number of hydrogen-bond donors (Lipinski definition) is 1. The topological polar surface area (TPSA) is 124 Å². The number of nitriles is 1.